The van der Waals surface area contributed by atoms with E-state index in [0.717, 1.165) is 32.1 Å². The van der Waals surface area contributed by atoms with Gasteiger partial charge in [-0.2, -0.15) is 5.10 Å². The predicted molar refractivity (Wildman–Crippen MR) is 113 cm³/mol. The maximum Gasteiger partial charge on any atom is 0.262 e. The van der Waals surface area contributed by atoms with Crippen LogP contribution in [0.25, 0.3) is 33.2 Å². The highest BCUT2D eigenvalue weighted by Crippen LogP contribution is 2.53. The summed E-state index contributed by atoms with van der Waals surface area (Å²) in [6.07, 6.45) is 9.34. The number of pyridine rings is 1. The highest BCUT2D eigenvalue weighted by atomic mass is 19.1. The van der Waals surface area contributed by atoms with Crippen LogP contribution in [-0.2, 0) is 12.6 Å². The van der Waals surface area contributed by atoms with Gasteiger partial charge in [-0.15, -0.1) is 0 Å². The zero-order chi connectivity index (χ0) is 21.5. The molecule has 2 saturated carbocycles. The van der Waals surface area contributed by atoms with Gasteiger partial charge in [-0.25, -0.2) is 14.4 Å². The summed E-state index contributed by atoms with van der Waals surface area (Å²) in [6.45, 7) is 0. The smallest absolute Gasteiger partial charge is 0.262 e. The molecule has 0 spiro atoms. The molecule has 0 aliphatic heterocycles. The molecule has 0 unspecified atom stereocenters. The second-order valence-corrected chi connectivity index (χ2v) is 9.07. The zero-order valence-corrected chi connectivity index (χ0v) is 17.0. The Kier molecular flexibility index (Phi) is 3.50. The first-order valence-electron chi connectivity index (χ1n) is 10.3. The molecule has 2 aliphatic rings. The van der Waals surface area contributed by atoms with Crippen molar-refractivity contribution in [3.05, 3.63) is 46.9 Å². The number of benzene rings is 1. The van der Waals surface area contributed by atoms with Crippen molar-refractivity contribution < 1.29 is 9.50 Å². The molecule has 2 fully saturated rings. The fourth-order valence-corrected chi connectivity index (χ4v) is 5.49. The van der Waals surface area contributed by atoms with Crippen molar-refractivity contribution >= 4 is 21.8 Å². The first-order valence-corrected chi connectivity index (χ1v) is 10.3. The molecule has 2 bridgehead atoms. The molecule has 158 valence electrons. The maximum atomic E-state index is 14.6. The summed E-state index contributed by atoms with van der Waals surface area (Å²) in [5.74, 6) is -1.24. The van der Waals surface area contributed by atoms with Crippen LogP contribution in [0.1, 0.15) is 32.1 Å². The molecule has 3 N–H and O–H groups in total. The van der Waals surface area contributed by atoms with Gasteiger partial charge in [0.1, 0.15) is 5.52 Å². The van der Waals surface area contributed by atoms with Gasteiger partial charge >= 0.3 is 0 Å². The van der Waals surface area contributed by atoms with Crippen LogP contribution in [0.4, 0.5) is 4.39 Å². The van der Waals surface area contributed by atoms with E-state index < -0.39 is 11.6 Å². The van der Waals surface area contributed by atoms with Crippen LogP contribution in [-0.4, -0.2) is 35.0 Å². The van der Waals surface area contributed by atoms with E-state index in [0.29, 0.717) is 16.3 Å². The molecule has 3 aromatic heterocycles. The number of nitrogens with zero attached hydrogens (tertiary/aromatic N) is 5. The summed E-state index contributed by atoms with van der Waals surface area (Å²) in [6, 6.07) is 3.38. The molecule has 8 nitrogen and oxygen atoms in total. The first kappa shape index (κ1) is 18.4. The standard InChI is InChI=1S/C22H21FN6O2/c1-28-10-12-8-13(18(30)16(23)17(12)27-28)19-25-9-14-15(26-19)2-7-29(20(14)31)22-5-3-21(24,11-22)4-6-22/h2,7-10,30H,3-6,11,24H2,1H3. The lowest BCUT2D eigenvalue weighted by Gasteiger charge is -2.29. The zero-order valence-electron chi connectivity index (χ0n) is 17.0. The van der Waals surface area contributed by atoms with E-state index in [9.17, 15) is 14.3 Å². The highest BCUT2D eigenvalue weighted by Gasteiger charge is 2.53. The van der Waals surface area contributed by atoms with E-state index >= 15 is 0 Å². The minimum absolute atomic E-state index is 0.0794. The van der Waals surface area contributed by atoms with Gasteiger partial charge in [0.25, 0.3) is 5.56 Å². The van der Waals surface area contributed by atoms with E-state index in [-0.39, 0.29) is 33.5 Å². The largest absolute Gasteiger partial charge is 0.504 e. The Balaban J connectivity index is 1.49. The number of aryl methyl sites for hydroxylation is 1. The van der Waals surface area contributed by atoms with Gasteiger partial charge in [-0.1, -0.05) is 0 Å². The number of aromatic nitrogens is 5. The van der Waals surface area contributed by atoms with Crippen LogP contribution in [0.15, 0.2) is 35.5 Å². The van der Waals surface area contributed by atoms with Crippen LogP contribution in [0.3, 0.4) is 0 Å². The van der Waals surface area contributed by atoms with E-state index in [1.807, 2.05) is 0 Å². The highest BCUT2D eigenvalue weighted by molar-refractivity contribution is 5.88. The number of hydrogen-bond acceptors (Lipinski definition) is 6. The van der Waals surface area contributed by atoms with Gasteiger partial charge < -0.3 is 15.4 Å². The fourth-order valence-electron chi connectivity index (χ4n) is 5.49. The Labute approximate surface area is 176 Å². The summed E-state index contributed by atoms with van der Waals surface area (Å²) >= 11 is 0. The lowest BCUT2D eigenvalue weighted by Crippen LogP contribution is -2.37. The molecule has 0 amide bonds. The molecule has 2 aliphatic carbocycles. The molecule has 0 saturated heterocycles. The summed E-state index contributed by atoms with van der Waals surface area (Å²) in [4.78, 5) is 22.0. The van der Waals surface area contributed by atoms with E-state index in [1.165, 1.54) is 10.9 Å². The average molecular weight is 420 g/mol. The second-order valence-electron chi connectivity index (χ2n) is 9.07. The molecule has 3 heterocycles. The van der Waals surface area contributed by atoms with Gasteiger partial charge in [-0.3, -0.25) is 9.48 Å². The van der Waals surface area contributed by atoms with Crippen LogP contribution in [0.5, 0.6) is 5.75 Å². The average Bonchev–Trinajstić information content (AvgIpc) is 3.41. The van der Waals surface area contributed by atoms with Crippen molar-refractivity contribution in [1.29, 1.82) is 0 Å². The van der Waals surface area contributed by atoms with Crippen LogP contribution >= 0.6 is 0 Å². The molecule has 6 rings (SSSR count). The van der Waals surface area contributed by atoms with Crippen molar-refractivity contribution in [1.82, 2.24) is 24.3 Å². The Bertz CT molecular complexity index is 1450. The van der Waals surface area contributed by atoms with Crippen molar-refractivity contribution in [2.24, 2.45) is 12.8 Å². The monoisotopic (exact) mass is 420 g/mol. The van der Waals surface area contributed by atoms with Gasteiger partial charge in [0.05, 0.1) is 16.5 Å². The normalized spacial score (nSPS) is 25.1. The van der Waals surface area contributed by atoms with Crippen LogP contribution < -0.4 is 11.3 Å². The molecular formula is C22H21FN6O2. The van der Waals surface area contributed by atoms with Gasteiger partial charge in [0.2, 0.25) is 0 Å². The third kappa shape index (κ3) is 2.49. The number of phenolic OH excluding ortho intramolecular Hbond substituents is 1. The molecule has 1 aromatic carbocycles. The van der Waals surface area contributed by atoms with Crippen molar-refractivity contribution in [3.8, 4) is 17.1 Å². The summed E-state index contributed by atoms with van der Waals surface area (Å²) < 4.78 is 17.9. The predicted octanol–water partition coefficient (Wildman–Crippen LogP) is 2.56. The Morgan fingerprint density at radius 1 is 1.26 bits per heavy atom. The van der Waals surface area contributed by atoms with Crippen LogP contribution in [0.2, 0.25) is 0 Å². The molecular weight excluding hydrogens is 399 g/mol. The number of hydrogen-bond donors (Lipinski definition) is 2. The number of aromatic hydroxyl groups is 1. The lowest BCUT2D eigenvalue weighted by atomic mass is 9.91. The second kappa shape index (κ2) is 5.88. The van der Waals surface area contributed by atoms with Gasteiger partial charge in [0, 0.05) is 42.1 Å². The van der Waals surface area contributed by atoms with Crippen molar-refractivity contribution in [2.45, 2.75) is 43.2 Å². The van der Waals surface area contributed by atoms with Crippen molar-refractivity contribution in [3.63, 3.8) is 0 Å². The SMILES string of the molecule is Cn1cc2cc(-c3ncc4c(=O)n(C56CCC(N)(CC5)C6)ccc4n3)c(O)c(F)c2n1. The third-order valence-electron chi connectivity index (χ3n) is 7.09. The third-order valence-corrected chi connectivity index (χ3v) is 7.09. The lowest BCUT2D eigenvalue weighted by molar-refractivity contribution is 0.283. The van der Waals surface area contributed by atoms with E-state index in [1.54, 1.807) is 36.1 Å². The maximum absolute atomic E-state index is 14.6. The minimum Gasteiger partial charge on any atom is -0.504 e. The van der Waals surface area contributed by atoms with Crippen molar-refractivity contribution in [2.75, 3.05) is 0 Å². The summed E-state index contributed by atoms with van der Waals surface area (Å²) in [7, 11) is 1.68. The molecule has 0 atom stereocenters. The van der Waals surface area contributed by atoms with E-state index in [2.05, 4.69) is 15.1 Å². The van der Waals surface area contributed by atoms with Gasteiger partial charge in [0.15, 0.2) is 17.4 Å². The molecule has 0 radical (unpaired) electrons. The Morgan fingerprint density at radius 3 is 2.74 bits per heavy atom. The number of phenols is 1. The Hall–Kier alpha value is -3.33. The topological polar surface area (TPSA) is 112 Å². The first-order chi connectivity index (χ1) is 14.8. The number of halogens is 1. The minimum atomic E-state index is -0.820. The molecule has 4 aromatic rings. The van der Waals surface area contributed by atoms with E-state index in [4.69, 9.17) is 5.73 Å². The summed E-state index contributed by atoms with van der Waals surface area (Å²) in [5.41, 5.74) is 6.58. The summed E-state index contributed by atoms with van der Waals surface area (Å²) in [5, 5.41) is 15.3. The van der Waals surface area contributed by atoms with Gasteiger partial charge in [-0.05, 0) is 44.2 Å². The number of fused-ring (bicyclic) bond motifs is 4. The quantitative estimate of drug-likeness (QED) is 0.516. The number of rotatable bonds is 2. The molecule has 31 heavy (non-hydrogen) atoms. The van der Waals surface area contributed by atoms with Crippen LogP contribution in [0, 0.1) is 5.82 Å². The Morgan fingerprint density at radius 2 is 2.03 bits per heavy atom. The molecule has 9 heteroatoms. The number of nitrogens with two attached hydrogens (primary N) is 1. The fraction of sp³-hybridized carbons (Fsp3) is 0.364.